The predicted molar refractivity (Wildman–Crippen MR) is 74.5 cm³/mol. The summed E-state index contributed by atoms with van der Waals surface area (Å²) in [6, 6.07) is 12.2. The van der Waals surface area contributed by atoms with E-state index in [-0.39, 0.29) is 5.75 Å². The second kappa shape index (κ2) is 4.82. The molecule has 19 heavy (non-hydrogen) atoms. The summed E-state index contributed by atoms with van der Waals surface area (Å²) >= 11 is 5.89. The highest BCUT2D eigenvalue weighted by Crippen LogP contribution is 2.21. The van der Waals surface area contributed by atoms with Crippen molar-refractivity contribution in [2.24, 2.45) is 0 Å². The quantitative estimate of drug-likeness (QED) is 0.713. The first-order chi connectivity index (χ1) is 9.20. The topological polar surface area (TPSA) is 58.3 Å². The zero-order chi connectivity index (χ0) is 13.2. The summed E-state index contributed by atoms with van der Waals surface area (Å²) in [7, 11) is 0. The van der Waals surface area contributed by atoms with E-state index >= 15 is 0 Å². The molecule has 0 aliphatic carbocycles. The van der Waals surface area contributed by atoms with E-state index in [0.717, 1.165) is 11.2 Å². The van der Waals surface area contributed by atoms with E-state index < -0.39 is 0 Å². The molecule has 3 aromatic rings. The van der Waals surface area contributed by atoms with Crippen molar-refractivity contribution in [2.75, 3.05) is 5.32 Å². The molecule has 2 N–H and O–H groups in total. The van der Waals surface area contributed by atoms with Crippen LogP contribution in [-0.4, -0.2) is 10.1 Å². The molecule has 3 rings (SSSR count). The maximum absolute atomic E-state index is 9.19. The van der Waals surface area contributed by atoms with Crippen LogP contribution in [-0.2, 0) is 6.54 Å². The lowest BCUT2D eigenvalue weighted by Gasteiger charge is -2.02. The molecule has 0 aliphatic heterocycles. The lowest BCUT2D eigenvalue weighted by atomic mass is 10.3. The van der Waals surface area contributed by atoms with E-state index in [9.17, 15) is 5.11 Å². The third kappa shape index (κ3) is 2.63. The molecule has 0 aliphatic rings. The summed E-state index contributed by atoms with van der Waals surface area (Å²) in [6.07, 6.45) is 0. The Morgan fingerprint density at radius 3 is 2.74 bits per heavy atom. The molecule has 4 nitrogen and oxygen atoms in total. The van der Waals surface area contributed by atoms with Crippen molar-refractivity contribution >= 4 is 28.4 Å². The average Bonchev–Trinajstić information content (AvgIpc) is 2.80. The van der Waals surface area contributed by atoms with E-state index in [0.29, 0.717) is 23.0 Å². The third-order valence-corrected chi connectivity index (χ3v) is 2.94. The second-order valence-corrected chi connectivity index (χ2v) is 4.56. The third-order valence-electron chi connectivity index (χ3n) is 2.71. The van der Waals surface area contributed by atoms with E-state index in [4.69, 9.17) is 16.0 Å². The fraction of sp³-hybridized carbons (Fsp3) is 0.0714. The summed E-state index contributed by atoms with van der Waals surface area (Å²) in [4.78, 5) is 4.35. The standard InChI is InChI=1S/C14H11ClN2O2/c15-9-1-6-12-13(7-9)19-14(17-12)8-16-10-2-4-11(18)5-3-10/h1-7,16,18H,8H2. The Hall–Kier alpha value is -2.20. The van der Waals surface area contributed by atoms with Crippen molar-refractivity contribution in [3.8, 4) is 5.75 Å². The molecule has 0 bridgehead atoms. The molecule has 0 spiro atoms. The number of fused-ring (bicyclic) bond motifs is 1. The van der Waals surface area contributed by atoms with Gasteiger partial charge in [0.25, 0.3) is 0 Å². The highest BCUT2D eigenvalue weighted by atomic mass is 35.5. The summed E-state index contributed by atoms with van der Waals surface area (Å²) in [5, 5.41) is 13.0. The second-order valence-electron chi connectivity index (χ2n) is 4.12. The van der Waals surface area contributed by atoms with Crippen LogP contribution in [0.3, 0.4) is 0 Å². The Balaban J connectivity index is 1.76. The number of oxazole rings is 1. The molecule has 0 amide bonds. The van der Waals surface area contributed by atoms with Crippen LogP contribution in [0.25, 0.3) is 11.1 Å². The number of anilines is 1. The van der Waals surface area contributed by atoms with E-state index in [2.05, 4.69) is 10.3 Å². The molecule has 96 valence electrons. The number of nitrogens with one attached hydrogen (secondary N) is 1. The van der Waals surface area contributed by atoms with Crippen molar-refractivity contribution in [3.63, 3.8) is 0 Å². The molecule has 0 unspecified atom stereocenters. The molecular formula is C14H11ClN2O2. The van der Waals surface area contributed by atoms with Crippen LogP contribution >= 0.6 is 11.6 Å². The molecule has 1 aromatic heterocycles. The number of benzene rings is 2. The molecule has 0 fully saturated rings. The van der Waals surface area contributed by atoms with Crippen LogP contribution in [0, 0.1) is 0 Å². The van der Waals surface area contributed by atoms with Crippen LogP contribution in [0.15, 0.2) is 46.9 Å². The summed E-state index contributed by atoms with van der Waals surface area (Å²) in [5.74, 6) is 0.826. The van der Waals surface area contributed by atoms with Gasteiger partial charge in [0.15, 0.2) is 5.58 Å². The van der Waals surface area contributed by atoms with Crippen LogP contribution in [0.2, 0.25) is 5.02 Å². The number of rotatable bonds is 3. The first kappa shape index (κ1) is 11.9. The number of hydrogen-bond donors (Lipinski definition) is 2. The number of aromatic hydroxyl groups is 1. The Labute approximate surface area is 114 Å². The minimum atomic E-state index is 0.238. The minimum Gasteiger partial charge on any atom is -0.508 e. The van der Waals surface area contributed by atoms with Gasteiger partial charge in [-0.15, -0.1) is 0 Å². The van der Waals surface area contributed by atoms with Gasteiger partial charge in [0, 0.05) is 16.8 Å². The molecule has 0 atom stereocenters. The van der Waals surface area contributed by atoms with Gasteiger partial charge in [-0.3, -0.25) is 0 Å². The van der Waals surface area contributed by atoms with Crippen LogP contribution in [0.4, 0.5) is 5.69 Å². The number of aromatic nitrogens is 1. The highest BCUT2D eigenvalue weighted by molar-refractivity contribution is 6.31. The number of halogens is 1. The average molecular weight is 275 g/mol. The monoisotopic (exact) mass is 274 g/mol. The summed E-state index contributed by atoms with van der Waals surface area (Å²) in [5.41, 5.74) is 2.35. The normalized spacial score (nSPS) is 10.8. The Morgan fingerprint density at radius 2 is 1.95 bits per heavy atom. The number of nitrogens with zero attached hydrogens (tertiary/aromatic N) is 1. The Kier molecular flexibility index (Phi) is 3.01. The first-order valence-electron chi connectivity index (χ1n) is 5.78. The number of hydrogen-bond acceptors (Lipinski definition) is 4. The van der Waals surface area contributed by atoms with Gasteiger partial charge in [-0.05, 0) is 36.4 Å². The van der Waals surface area contributed by atoms with Crippen molar-refractivity contribution in [1.82, 2.24) is 4.98 Å². The number of phenols is 1. The Bertz CT molecular complexity index is 707. The van der Waals surface area contributed by atoms with Gasteiger partial charge in [0.05, 0.1) is 6.54 Å². The van der Waals surface area contributed by atoms with Gasteiger partial charge < -0.3 is 14.8 Å². The molecular weight excluding hydrogens is 264 g/mol. The fourth-order valence-electron chi connectivity index (χ4n) is 1.78. The van der Waals surface area contributed by atoms with Crippen LogP contribution < -0.4 is 5.32 Å². The van der Waals surface area contributed by atoms with Gasteiger partial charge in [0.1, 0.15) is 11.3 Å². The van der Waals surface area contributed by atoms with Crippen molar-refractivity contribution < 1.29 is 9.52 Å². The molecule has 0 saturated heterocycles. The van der Waals surface area contributed by atoms with E-state index in [1.807, 2.05) is 6.07 Å². The van der Waals surface area contributed by atoms with Crippen molar-refractivity contribution in [3.05, 3.63) is 53.4 Å². The van der Waals surface area contributed by atoms with Gasteiger partial charge in [-0.25, -0.2) is 4.98 Å². The first-order valence-corrected chi connectivity index (χ1v) is 6.16. The highest BCUT2D eigenvalue weighted by Gasteiger charge is 2.05. The number of phenolic OH excluding ortho intramolecular Hbond substituents is 1. The molecule has 5 heteroatoms. The molecule has 0 radical (unpaired) electrons. The van der Waals surface area contributed by atoms with Gasteiger partial charge in [0.2, 0.25) is 5.89 Å². The van der Waals surface area contributed by atoms with Gasteiger partial charge >= 0.3 is 0 Å². The van der Waals surface area contributed by atoms with Crippen LogP contribution in [0.5, 0.6) is 5.75 Å². The van der Waals surface area contributed by atoms with Crippen molar-refractivity contribution in [2.45, 2.75) is 6.54 Å². The lowest BCUT2D eigenvalue weighted by molar-refractivity contribution is 0.475. The summed E-state index contributed by atoms with van der Waals surface area (Å²) < 4.78 is 5.59. The molecule has 0 saturated carbocycles. The summed E-state index contributed by atoms with van der Waals surface area (Å²) in [6.45, 7) is 0.469. The van der Waals surface area contributed by atoms with E-state index in [1.165, 1.54) is 0 Å². The van der Waals surface area contributed by atoms with Gasteiger partial charge in [-0.2, -0.15) is 0 Å². The largest absolute Gasteiger partial charge is 0.508 e. The zero-order valence-corrected chi connectivity index (χ0v) is 10.7. The van der Waals surface area contributed by atoms with Crippen LogP contribution in [0.1, 0.15) is 5.89 Å². The molecule has 2 aromatic carbocycles. The SMILES string of the molecule is Oc1ccc(NCc2nc3ccc(Cl)cc3o2)cc1. The van der Waals surface area contributed by atoms with E-state index in [1.54, 1.807) is 36.4 Å². The van der Waals surface area contributed by atoms with Gasteiger partial charge in [-0.1, -0.05) is 11.6 Å². The maximum Gasteiger partial charge on any atom is 0.214 e. The maximum atomic E-state index is 9.19. The zero-order valence-electron chi connectivity index (χ0n) is 9.93. The minimum absolute atomic E-state index is 0.238. The smallest absolute Gasteiger partial charge is 0.214 e. The Morgan fingerprint density at radius 1 is 1.16 bits per heavy atom. The lowest BCUT2D eigenvalue weighted by Crippen LogP contribution is -1.98. The fourth-order valence-corrected chi connectivity index (χ4v) is 1.94. The molecule has 1 heterocycles. The predicted octanol–water partition coefficient (Wildman–Crippen LogP) is 3.80. The van der Waals surface area contributed by atoms with Crippen molar-refractivity contribution in [1.29, 1.82) is 0 Å².